The number of benzene rings is 1. The Balaban J connectivity index is 2.25. The van der Waals surface area contributed by atoms with Crippen molar-refractivity contribution in [1.29, 1.82) is 0 Å². The van der Waals surface area contributed by atoms with Gasteiger partial charge < -0.3 is 15.6 Å². The maximum atomic E-state index is 12.7. The van der Waals surface area contributed by atoms with Crippen LogP contribution in [-0.2, 0) is 17.8 Å². The van der Waals surface area contributed by atoms with Crippen LogP contribution in [0.3, 0.4) is 0 Å². The van der Waals surface area contributed by atoms with Crippen molar-refractivity contribution < 1.29 is 9.59 Å². The van der Waals surface area contributed by atoms with Crippen LogP contribution < -0.4 is 16.6 Å². The SMILES string of the molecule is Cc1ccn(CCC(C)C)c(=O)c1C(=O)Nc1cccc(CC(N)=O)c1. The highest BCUT2D eigenvalue weighted by molar-refractivity contribution is 6.05. The van der Waals surface area contributed by atoms with E-state index in [-0.39, 0.29) is 17.5 Å². The third-order valence-corrected chi connectivity index (χ3v) is 4.11. The highest BCUT2D eigenvalue weighted by Gasteiger charge is 2.16. The molecule has 0 aliphatic heterocycles. The number of hydrogen-bond acceptors (Lipinski definition) is 3. The van der Waals surface area contributed by atoms with E-state index in [0.717, 1.165) is 6.42 Å². The molecule has 138 valence electrons. The third-order valence-electron chi connectivity index (χ3n) is 4.11. The van der Waals surface area contributed by atoms with Gasteiger partial charge in [0, 0.05) is 18.4 Å². The molecule has 1 aromatic heterocycles. The molecule has 2 aromatic rings. The number of nitrogens with two attached hydrogens (primary N) is 1. The second kappa shape index (κ2) is 8.47. The van der Waals surface area contributed by atoms with E-state index in [1.165, 1.54) is 0 Å². The number of aryl methyl sites for hydroxylation is 2. The van der Waals surface area contributed by atoms with Gasteiger partial charge >= 0.3 is 0 Å². The minimum atomic E-state index is -0.456. The number of nitrogens with one attached hydrogen (secondary N) is 1. The molecule has 0 aliphatic carbocycles. The van der Waals surface area contributed by atoms with Crippen molar-refractivity contribution in [3.8, 4) is 0 Å². The highest BCUT2D eigenvalue weighted by atomic mass is 16.2. The lowest BCUT2D eigenvalue weighted by molar-refractivity contribution is -0.117. The topological polar surface area (TPSA) is 94.2 Å². The summed E-state index contributed by atoms with van der Waals surface area (Å²) in [7, 11) is 0. The number of rotatable bonds is 7. The molecule has 2 amide bonds. The number of hydrogen-bond donors (Lipinski definition) is 2. The van der Waals surface area contributed by atoms with Crippen molar-refractivity contribution in [3.05, 3.63) is 63.6 Å². The van der Waals surface area contributed by atoms with Crippen LogP contribution in [-0.4, -0.2) is 16.4 Å². The standard InChI is InChI=1S/C20H25N3O3/c1-13(2)7-9-23-10-8-14(3)18(20(23)26)19(25)22-16-6-4-5-15(11-16)12-17(21)24/h4-6,8,10-11,13H,7,9,12H2,1-3H3,(H2,21,24)(H,22,25). The molecule has 0 atom stereocenters. The fourth-order valence-corrected chi connectivity index (χ4v) is 2.67. The van der Waals surface area contributed by atoms with Gasteiger partial charge in [0.15, 0.2) is 0 Å². The van der Waals surface area contributed by atoms with Crippen LogP contribution in [0.15, 0.2) is 41.3 Å². The van der Waals surface area contributed by atoms with Gasteiger partial charge in [-0.25, -0.2) is 0 Å². The Morgan fingerprint density at radius 2 is 1.96 bits per heavy atom. The first kappa shape index (κ1) is 19.4. The molecule has 0 radical (unpaired) electrons. The summed E-state index contributed by atoms with van der Waals surface area (Å²) in [4.78, 5) is 36.4. The van der Waals surface area contributed by atoms with Crippen LogP contribution in [0.4, 0.5) is 5.69 Å². The van der Waals surface area contributed by atoms with Gasteiger partial charge in [-0.15, -0.1) is 0 Å². The second-order valence-corrected chi connectivity index (χ2v) is 6.85. The van der Waals surface area contributed by atoms with E-state index in [1.54, 1.807) is 48.0 Å². The smallest absolute Gasteiger partial charge is 0.263 e. The van der Waals surface area contributed by atoms with Crippen molar-refractivity contribution in [1.82, 2.24) is 4.57 Å². The van der Waals surface area contributed by atoms with Crippen molar-refractivity contribution in [2.45, 2.75) is 40.2 Å². The van der Waals surface area contributed by atoms with Crippen LogP contribution >= 0.6 is 0 Å². The highest BCUT2D eigenvalue weighted by Crippen LogP contribution is 2.13. The number of amides is 2. The van der Waals surface area contributed by atoms with Gasteiger partial charge in [0.05, 0.1) is 6.42 Å². The molecule has 3 N–H and O–H groups in total. The Bertz CT molecular complexity index is 869. The number of anilines is 1. The maximum Gasteiger partial charge on any atom is 0.263 e. The molecular formula is C20H25N3O3. The predicted molar refractivity (Wildman–Crippen MR) is 102 cm³/mol. The molecule has 2 rings (SSSR count). The van der Waals surface area contributed by atoms with Gasteiger partial charge in [0.1, 0.15) is 5.56 Å². The molecule has 6 heteroatoms. The lowest BCUT2D eigenvalue weighted by Crippen LogP contribution is -2.30. The number of pyridine rings is 1. The summed E-state index contributed by atoms with van der Waals surface area (Å²) in [5.74, 6) is -0.434. The first-order chi connectivity index (χ1) is 12.3. The Kier molecular flexibility index (Phi) is 6.33. The Labute approximate surface area is 153 Å². The Morgan fingerprint density at radius 1 is 1.23 bits per heavy atom. The van der Waals surface area contributed by atoms with Gasteiger partial charge in [0.2, 0.25) is 5.91 Å². The largest absolute Gasteiger partial charge is 0.369 e. The molecule has 6 nitrogen and oxygen atoms in total. The van der Waals surface area contributed by atoms with Crippen molar-refractivity contribution in [2.24, 2.45) is 11.7 Å². The van der Waals surface area contributed by atoms with E-state index in [9.17, 15) is 14.4 Å². The molecule has 0 fully saturated rings. The average Bonchev–Trinajstić information content (AvgIpc) is 2.53. The van der Waals surface area contributed by atoms with E-state index in [4.69, 9.17) is 5.73 Å². The fraction of sp³-hybridized carbons (Fsp3) is 0.350. The summed E-state index contributed by atoms with van der Waals surface area (Å²) < 4.78 is 1.57. The Hall–Kier alpha value is -2.89. The van der Waals surface area contributed by atoms with Gasteiger partial charge in [-0.1, -0.05) is 26.0 Å². The quantitative estimate of drug-likeness (QED) is 0.799. The number of carbonyl (C=O) groups excluding carboxylic acids is 2. The van der Waals surface area contributed by atoms with Crippen molar-refractivity contribution in [3.63, 3.8) is 0 Å². The molecule has 0 saturated heterocycles. The van der Waals surface area contributed by atoms with Crippen LogP contribution in [0.25, 0.3) is 0 Å². The summed E-state index contributed by atoms with van der Waals surface area (Å²) in [5, 5.41) is 2.74. The Morgan fingerprint density at radius 3 is 2.62 bits per heavy atom. The molecule has 0 saturated carbocycles. The zero-order valence-corrected chi connectivity index (χ0v) is 15.4. The van der Waals surface area contributed by atoms with E-state index in [0.29, 0.717) is 29.3 Å². The molecular weight excluding hydrogens is 330 g/mol. The van der Waals surface area contributed by atoms with Crippen LogP contribution in [0.2, 0.25) is 0 Å². The first-order valence-electron chi connectivity index (χ1n) is 8.66. The normalized spacial score (nSPS) is 10.8. The molecule has 0 aliphatic rings. The number of nitrogens with zero attached hydrogens (tertiary/aromatic N) is 1. The van der Waals surface area contributed by atoms with Crippen LogP contribution in [0, 0.1) is 12.8 Å². The van der Waals surface area contributed by atoms with Crippen molar-refractivity contribution in [2.75, 3.05) is 5.32 Å². The zero-order chi connectivity index (χ0) is 19.3. The lowest BCUT2D eigenvalue weighted by atomic mass is 10.1. The van der Waals surface area contributed by atoms with Gasteiger partial charge in [-0.3, -0.25) is 14.4 Å². The summed E-state index contributed by atoms with van der Waals surface area (Å²) in [6.45, 7) is 6.50. The number of carbonyl (C=O) groups is 2. The molecule has 0 spiro atoms. The third kappa shape index (κ3) is 5.05. The zero-order valence-electron chi connectivity index (χ0n) is 15.4. The van der Waals surface area contributed by atoms with Gasteiger partial charge in [-0.05, 0) is 48.6 Å². The molecule has 1 heterocycles. The summed E-state index contributed by atoms with van der Waals surface area (Å²) >= 11 is 0. The minimum absolute atomic E-state index is 0.0933. The van der Waals surface area contributed by atoms with Gasteiger partial charge in [-0.2, -0.15) is 0 Å². The van der Waals surface area contributed by atoms with E-state index >= 15 is 0 Å². The summed E-state index contributed by atoms with van der Waals surface area (Å²) in [6, 6.07) is 8.65. The number of aromatic nitrogens is 1. The lowest BCUT2D eigenvalue weighted by Gasteiger charge is -2.12. The van der Waals surface area contributed by atoms with E-state index in [2.05, 4.69) is 19.2 Å². The molecule has 1 aromatic carbocycles. The minimum Gasteiger partial charge on any atom is -0.369 e. The summed E-state index contributed by atoms with van der Waals surface area (Å²) in [6.07, 6.45) is 2.68. The molecule has 0 unspecified atom stereocenters. The van der Waals surface area contributed by atoms with Gasteiger partial charge in [0.25, 0.3) is 11.5 Å². The first-order valence-corrected chi connectivity index (χ1v) is 8.66. The summed E-state index contributed by atoms with van der Waals surface area (Å²) in [5.41, 5.74) is 6.89. The van der Waals surface area contributed by atoms with Crippen LogP contribution in [0.1, 0.15) is 41.8 Å². The molecule has 26 heavy (non-hydrogen) atoms. The fourth-order valence-electron chi connectivity index (χ4n) is 2.67. The maximum absolute atomic E-state index is 12.7. The molecule has 0 bridgehead atoms. The van der Waals surface area contributed by atoms with E-state index in [1.807, 2.05) is 0 Å². The van der Waals surface area contributed by atoms with E-state index < -0.39 is 11.8 Å². The second-order valence-electron chi connectivity index (χ2n) is 6.85. The van der Waals surface area contributed by atoms with Crippen LogP contribution in [0.5, 0.6) is 0 Å². The number of primary amides is 1. The van der Waals surface area contributed by atoms with Crippen molar-refractivity contribution >= 4 is 17.5 Å². The predicted octanol–water partition coefficient (Wildman–Crippen LogP) is 2.48. The average molecular weight is 355 g/mol. The monoisotopic (exact) mass is 355 g/mol.